The smallest absolute Gasteiger partial charge is 0.266 e. The van der Waals surface area contributed by atoms with Crippen molar-refractivity contribution >= 4 is 46.2 Å². The molecule has 0 unspecified atom stereocenters. The Kier molecular flexibility index (Phi) is 6.65. The van der Waals surface area contributed by atoms with E-state index in [2.05, 4.69) is 6.92 Å². The van der Waals surface area contributed by atoms with Crippen LogP contribution in [0.25, 0.3) is 6.08 Å². The van der Waals surface area contributed by atoms with Gasteiger partial charge in [0.2, 0.25) is 5.91 Å². The highest BCUT2D eigenvalue weighted by Crippen LogP contribution is 2.33. The molecule has 27 heavy (non-hydrogen) atoms. The normalized spacial score (nSPS) is 22.0. The van der Waals surface area contributed by atoms with E-state index in [1.54, 1.807) is 18.2 Å². The van der Waals surface area contributed by atoms with Crippen molar-refractivity contribution in [2.75, 3.05) is 13.1 Å². The number of benzene rings is 1. The van der Waals surface area contributed by atoms with Crippen LogP contribution < -0.4 is 0 Å². The average molecular weight is 407 g/mol. The fourth-order valence-corrected chi connectivity index (χ4v) is 4.83. The van der Waals surface area contributed by atoms with Gasteiger partial charge in [-0.15, -0.1) is 0 Å². The fraction of sp³-hybridized carbons (Fsp3) is 0.450. The van der Waals surface area contributed by atoms with Crippen molar-refractivity contribution in [3.8, 4) is 0 Å². The Labute approximate surface area is 168 Å². The van der Waals surface area contributed by atoms with Crippen molar-refractivity contribution < 1.29 is 14.0 Å². The van der Waals surface area contributed by atoms with Crippen molar-refractivity contribution in [2.24, 2.45) is 0 Å². The molecule has 0 bridgehead atoms. The molecule has 2 saturated heterocycles. The van der Waals surface area contributed by atoms with Crippen LogP contribution in [0.2, 0.25) is 0 Å². The summed E-state index contributed by atoms with van der Waals surface area (Å²) < 4.78 is 14.3. The summed E-state index contributed by atoms with van der Waals surface area (Å²) in [4.78, 5) is 29.1. The van der Waals surface area contributed by atoms with Crippen LogP contribution in [-0.4, -0.2) is 45.1 Å². The third kappa shape index (κ3) is 4.58. The Morgan fingerprint density at radius 1 is 1.37 bits per heavy atom. The Morgan fingerprint density at radius 3 is 2.89 bits per heavy atom. The van der Waals surface area contributed by atoms with Crippen LogP contribution >= 0.6 is 24.0 Å². The summed E-state index contributed by atoms with van der Waals surface area (Å²) >= 11 is 6.46. The number of amides is 2. The molecule has 0 N–H and O–H groups in total. The lowest BCUT2D eigenvalue weighted by Crippen LogP contribution is -2.44. The van der Waals surface area contributed by atoms with E-state index in [9.17, 15) is 14.0 Å². The van der Waals surface area contributed by atoms with Gasteiger partial charge in [-0.05, 0) is 37.8 Å². The van der Waals surface area contributed by atoms with Crippen LogP contribution in [0.15, 0.2) is 29.2 Å². The van der Waals surface area contributed by atoms with Gasteiger partial charge in [0, 0.05) is 31.1 Å². The second-order valence-corrected chi connectivity index (χ2v) is 8.43. The van der Waals surface area contributed by atoms with Gasteiger partial charge in [0.05, 0.1) is 4.91 Å². The number of likely N-dealkylation sites (tertiary alicyclic amines) is 1. The molecule has 2 aliphatic rings. The molecule has 0 radical (unpaired) electrons. The van der Waals surface area contributed by atoms with Crippen molar-refractivity contribution in [2.45, 2.75) is 45.1 Å². The molecule has 144 valence electrons. The highest BCUT2D eigenvalue weighted by molar-refractivity contribution is 8.26. The van der Waals surface area contributed by atoms with E-state index in [-0.39, 0.29) is 30.6 Å². The number of carbonyl (C=O) groups excluding carboxylic acids is 2. The number of thioether (sulfide) groups is 1. The van der Waals surface area contributed by atoms with Gasteiger partial charge in [-0.25, -0.2) is 4.39 Å². The molecule has 2 heterocycles. The zero-order valence-corrected chi connectivity index (χ0v) is 17.0. The molecule has 0 aliphatic carbocycles. The van der Waals surface area contributed by atoms with Crippen molar-refractivity contribution in [1.29, 1.82) is 0 Å². The highest BCUT2D eigenvalue weighted by Gasteiger charge is 2.33. The number of hydrogen-bond acceptors (Lipinski definition) is 4. The van der Waals surface area contributed by atoms with Gasteiger partial charge in [-0.2, -0.15) is 0 Å². The summed E-state index contributed by atoms with van der Waals surface area (Å²) in [6.07, 6.45) is 5.99. The Morgan fingerprint density at radius 2 is 2.15 bits per heavy atom. The van der Waals surface area contributed by atoms with Gasteiger partial charge in [0.25, 0.3) is 5.91 Å². The molecule has 0 spiro atoms. The number of nitrogens with zero attached hydrogens (tertiary/aromatic N) is 2. The Balaban J connectivity index is 1.64. The van der Waals surface area contributed by atoms with Crippen LogP contribution in [0.1, 0.15) is 44.6 Å². The van der Waals surface area contributed by atoms with Gasteiger partial charge in [-0.3, -0.25) is 14.5 Å². The van der Waals surface area contributed by atoms with Gasteiger partial charge in [0.1, 0.15) is 10.1 Å². The van der Waals surface area contributed by atoms with Crippen LogP contribution in [0.3, 0.4) is 0 Å². The molecule has 1 aromatic carbocycles. The van der Waals surface area contributed by atoms with Crippen molar-refractivity contribution in [1.82, 2.24) is 9.80 Å². The molecule has 0 saturated carbocycles. The number of rotatable bonds is 5. The maximum Gasteiger partial charge on any atom is 0.266 e. The van der Waals surface area contributed by atoms with Gasteiger partial charge >= 0.3 is 0 Å². The first-order valence-corrected chi connectivity index (χ1v) is 10.5. The van der Waals surface area contributed by atoms with Crippen LogP contribution in [0.5, 0.6) is 0 Å². The van der Waals surface area contributed by atoms with Crippen molar-refractivity contribution in [3.63, 3.8) is 0 Å². The third-order valence-electron chi connectivity index (χ3n) is 5.03. The second-order valence-electron chi connectivity index (χ2n) is 6.75. The summed E-state index contributed by atoms with van der Waals surface area (Å²) in [5, 5.41) is 0. The molecule has 2 amide bonds. The van der Waals surface area contributed by atoms with Crippen LogP contribution in [0, 0.1) is 5.82 Å². The Hall–Kier alpha value is -1.73. The van der Waals surface area contributed by atoms with E-state index in [1.165, 1.54) is 17.0 Å². The number of hydrogen-bond donors (Lipinski definition) is 0. The molecular formula is C20H23FN2O2S2. The minimum Gasteiger partial charge on any atom is -0.340 e. The number of thiocarbonyl (C=S) groups is 1. The maximum absolute atomic E-state index is 13.8. The lowest BCUT2D eigenvalue weighted by molar-refractivity contribution is -0.135. The molecule has 0 aromatic heterocycles. The third-order valence-corrected chi connectivity index (χ3v) is 6.41. The highest BCUT2D eigenvalue weighted by atomic mass is 32.2. The van der Waals surface area contributed by atoms with E-state index in [0.29, 0.717) is 20.8 Å². The average Bonchev–Trinajstić information content (AvgIpc) is 2.94. The molecular weight excluding hydrogens is 383 g/mol. The predicted molar refractivity (Wildman–Crippen MR) is 111 cm³/mol. The first-order chi connectivity index (χ1) is 13.0. The molecule has 3 rings (SSSR count). The summed E-state index contributed by atoms with van der Waals surface area (Å²) in [6, 6.07) is 6.60. The summed E-state index contributed by atoms with van der Waals surface area (Å²) in [5.74, 6) is -0.561. The molecule has 1 aromatic rings. The van der Waals surface area contributed by atoms with E-state index in [4.69, 9.17) is 12.2 Å². The van der Waals surface area contributed by atoms with E-state index in [1.807, 2.05) is 4.90 Å². The molecule has 1 atom stereocenters. The first kappa shape index (κ1) is 20.0. The standard InChI is InChI=1S/C20H23FN2O2S2/c1-2-15-8-5-6-11-22(15)18(24)10-12-23-19(25)17(27-20(23)26)13-14-7-3-4-9-16(14)21/h3-4,7,9,13,15H,2,5-6,8,10-12H2,1H3/b17-13+/t15-/m1/s1. The zero-order valence-electron chi connectivity index (χ0n) is 15.3. The van der Waals surface area contributed by atoms with E-state index >= 15 is 0 Å². The van der Waals surface area contributed by atoms with Gasteiger partial charge in [-0.1, -0.05) is 49.1 Å². The molecule has 2 aliphatic heterocycles. The number of carbonyl (C=O) groups is 2. The number of piperidine rings is 1. The maximum atomic E-state index is 13.8. The summed E-state index contributed by atoms with van der Waals surface area (Å²) in [6.45, 7) is 3.17. The lowest BCUT2D eigenvalue weighted by Gasteiger charge is -2.35. The predicted octanol–water partition coefficient (Wildman–Crippen LogP) is 4.21. The van der Waals surface area contributed by atoms with E-state index < -0.39 is 0 Å². The SMILES string of the molecule is CC[C@@H]1CCCCN1C(=O)CCN1C(=O)/C(=C\c2ccccc2F)SC1=S. The number of halogens is 1. The monoisotopic (exact) mass is 406 g/mol. The minimum atomic E-state index is -0.381. The minimum absolute atomic E-state index is 0.0775. The lowest BCUT2D eigenvalue weighted by atomic mass is 9.99. The fourth-order valence-electron chi connectivity index (χ4n) is 3.53. The van der Waals surface area contributed by atoms with Crippen LogP contribution in [-0.2, 0) is 9.59 Å². The van der Waals surface area contributed by atoms with Crippen LogP contribution in [0.4, 0.5) is 4.39 Å². The van der Waals surface area contributed by atoms with E-state index in [0.717, 1.165) is 44.0 Å². The molecule has 2 fully saturated rings. The molecule has 7 heteroatoms. The topological polar surface area (TPSA) is 40.6 Å². The first-order valence-electron chi connectivity index (χ1n) is 9.30. The van der Waals surface area contributed by atoms with Gasteiger partial charge in [0.15, 0.2) is 0 Å². The zero-order chi connectivity index (χ0) is 19.4. The summed E-state index contributed by atoms with van der Waals surface area (Å²) in [7, 11) is 0. The largest absolute Gasteiger partial charge is 0.340 e. The summed E-state index contributed by atoms with van der Waals surface area (Å²) in [5.41, 5.74) is 0.355. The second kappa shape index (κ2) is 8.97. The quantitative estimate of drug-likeness (QED) is 0.543. The van der Waals surface area contributed by atoms with Crippen molar-refractivity contribution in [3.05, 3.63) is 40.6 Å². The Bertz CT molecular complexity index is 781. The van der Waals surface area contributed by atoms with Gasteiger partial charge < -0.3 is 4.90 Å². The molecule has 4 nitrogen and oxygen atoms in total.